The number of nitrogens with two attached hydrogens (primary N) is 5. The molecule has 1 fully saturated rings. The molecule has 502 valence electrons. The summed E-state index contributed by atoms with van der Waals surface area (Å²) in [7, 11) is -4.67. The molecule has 1 heterocycles. The SMILES string of the molecule is CC[C@@H](C)CCCCC(=O)N[C@@H](CCN)C(=O)N[C@H](C(=O)N[C@@H](CCN)C(=O)N[C@H]1CCNC(=O)[C@H]([C@@H](C)O)NC(=O)[C@H](CCN)NC(=O)[C@H](CCN)NC(=O)[C@@H](CC(C)C)NC(=O)[C@H](CC(C)C)NC(=O)[C@H](CCN)NC1=O)[C@@H](C)O.O=S(=O)(O)O. The first-order chi connectivity index (χ1) is 40.7. The third kappa shape index (κ3) is 33.6. The van der Waals surface area contributed by atoms with Crippen molar-refractivity contribution in [1.29, 1.82) is 0 Å². The highest BCUT2D eigenvalue weighted by atomic mass is 32.3. The molecule has 0 aromatic rings. The maximum atomic E-state index is 14.4. The van der Waals surface area contributed by atoms with Gasteiger partial charge in [0.2, 0.25) is 65.0 Å². The summed E-state index contributed by atoms with van der Waals surface area (Å²) in [5.41, 5.74) is 29.2. The van der Waals surface area contributed by atoms with Crippen molar-refractivity contribution in [3.05, 3.63) is 0 Å². The van der Waals surface area contributed by atoms with Crippen molar-refractivity contribution in [3.63, 3.8) is 0 Å². The molecule has 0 aromatic carbocycles. The van der Waals surface area contributed by atoms with Crippen molar-refractivity contribution in [2.24, 2.45) is 46.4 Å². The molecule has 1 rings (SSSR count). The summed E-state index contributed by atoms with van der Waals surface area (Å²) < 4.78 is 31.6. The molecule has 1 aliphatic heterocycles. The second-order valence-electron chi connectivity index (χ2n) is 22.4. The molecule has 25 N–H and O–H groups in total. The second kappa shape index (κ2) is 42.6. The highest BCUT2D eigenvalue weighted by Crippen LogP contribution is 2.14. The Kier molecular flexibility index (Phi) is 39.6. The quantitative estimate of drug-likeness (QED) is 0.0245. The first-order valence-electron chi connectivity index (χ1n) is 29.5. The van der Waals surface area contributed by atoms with Crippen LogP contribution in [-0.4, -0.2) is 205 Å². The maximum Gasteiger partial charge on any atom is 0.394 e. The number of aliphatic hydroxyl groups is 2. The summed E-state index contributed by atoms with van der Waals surface area (Å²) >= 11 is 0. The zero-order valence-corrected chi connectivity index (χ0v) is 52.3. The smallest absolute Gasteiger partial charge is 0.391 e. The minimum atomic E-state index is -4.67. The monoisotopic (exact) mass is 1270 g/mol. The Morgan fingerprint density at radius 1 is 0.540 bits per heavy atom. The normalized spacial score (nSPS) is 22.7. The number of rotatable bonds is 29. The topological polar surface area (TPSA) is 565 Å². The molecule has 1 aliphatic rings. The van der Waals surface area contributed by atoms with E-state index in [4.69, 9.17) is 46.2 Å². The maximum absolute atomic E-state index is 14.4. The minimum absolute atomic E-state index is 0.0131. The molecule has 33 nitrogen and oxygen atoms in total. The number of unbranched alkanes of at least 4 members (excludes halogenated alkanes) is 1. The van der Waals surface area contributed by atoms with Crippen LogP contribution in [0, 0.1) is 17.8 Å². The van der Waals surface area contributed by atoms with Gasteiger partial charge in [0.05, 0.1) is 12.2 Å². The van der Waals surface area contributed by atoms with E-state index in [-0.39, 0.29) is 95.9 Å². The highest BCUT2D eigenvalue weighted by molar-refractivity contribution is 7.79. The zero-order chi connectivity index (χ0) is 66.7. The molecule has 1 saturated heterocycles. The van der Waals surface area contributed by atoms with E-state index in [2.05, 4.69) is 72.3 Å². The number of amides is 11. The van der Waals surface area contributed by atoms with Gasteiger partial charge >= 0.3 is 10.4 Å². The Labute approximate surface area is 509 Å². The fourth-order valence-electron chi connectivity index (χ4n) is 8.76. The molecule has 13 atom stereocenters. The summed E-state index contributed by atoms with van der Waals surface area (Å²) in [6.07, 6.45) is -0.760. The lowest BCUT2D eigenvalue weighted by atomic mass is 9.99. The van der Waals surface area contributed by atoms with Crippen LogP contribution < -0.4 is 87.2 Å². The van der Waals surface area contributed by atoms with Crippen molar-refractivity contribution in [3.8, 4) is 0 Å². The van der Waals surface area contributed by atoms with Crippen molar-refractivity contribution < 1.29 is 80.5 Å². The summed E-state index contributed by atoms with van der Waals surface area (Å²) in [4.78, 5) is 153. The fourth-order valence-corrected chi connectivity index (χ4v) is 8.76. The summed E-state index contributed by atoms with van der Waals surface area (Å²) in [6, 6.07) is -14.5. The molecule has 0 saturated carbocycles. The Balaban J connectivity index is 0.0000141. The van der Waals surface area contributed by atoms with Gasteiger partial charge in [0, 0.05) is 13.0 Å². The first-order valence-corrected chi connectivity index (χ1v) is 30.9. The first kappa shape index (κ1) is 80.8. The predicted octanol–water partition coefficient (Wildman–Crippen LogP) is -6.09. The third-order valence-electron chi connectivity index (χ3n) is 13.7. The largest absolute Gasteiger partial charge is 0.394 e. The van der Waals surface area contributed by atoms with Gasteiger partial charge in [0.15, 0.2) is 0 Å². The fraction of sp³-hybridized carbons (Fsp3) is 0.792. The van der Waals surface area contributed by atoms with Gasteiger partial charge in [-0.1, -0.05) is 60.8 Å². The number of carbonyl (C=O) groups is 11. The number of hydrogen-bond donors (Lipinski definition) is 20. The number of carbonyl (C=O) groups excluding carboxylic acids is 11. The Morgan fingerprint density at radius 3 is 1.36 bits per heavy atom. The van der Waals surface area contributed by atoms with E-state index in [0.717, 1.165) is 19.3 Å². The number of nitrogens with one attached hydrogen (secondary N) is 11. The van der Waals surface area contributed by atoms with E-state index < -0.39 is 161 Å². The molecule has 0 unspecified atom stereocenters. The van der Waals surface area contributed by atoms with Gasteiger partial charge in [-0.05, 0) is 122 Å². The van der Waals surface area contributed by atoms with Crippen LogP contribution in [0.5, 0.6) is 0 Å². The molecule has 0 radical (unpaired) electrons. The summed E-state index contributed by atoms with van der Waals surface area (Å²) in [5, 5.41) is 49.5. The lowest BCUT2D eigenvalue weighted by Crippen LogP contribution is -2.62. The molecular weight excluding hydrogens is 1160 g/mol. The molecule has 0 aromatic heterocycles. The van der Waals surface area contributed by atoms with Gasteiger partial charge in [0.1, 0.15) is 60.4 Å². The van der Waals surface area contributed by atoms with Crippen molar-refractivity contribution >= 4 is 75.4 Å². The predicted molar refractivity (Wildman–Crippen MR) is 320 cm³/mol. The van der Waals surface area contributed by atoms with E-state index in [0.29, 0.717) is 12.3 Å². The molecular formula is C53H102N16O17S. The molecule has 0 aliphatic carbocycles. The average Bonchev–Trinajstić information content (AvgIpc) is 2.81. The van der Waals surface area contributed by atoms with E-state index in [1.54, 1.807) is 27.7 Å². The lowest BCUT2D eigenvalue weighted by Gasteiger charge is -2.29. The van der Waals surface area contributed by atoms with Crippen LogP contribution in [0.1, 0.15) is 139 Å². The van der Waals surface area contributed by atoms with Gasteiger partial charge in [-0.15, -0.1) is 0 Å². The van der Waals surface area contributed by atoms with E-state index in [1.165, 1.54) is 13.8 Å². The minimum Gasteiger partial charge on any atom is -0.391 e. The van der Waals surface area contributed by atoms with E-state index in [1.807, 2.05) is 0 Å². The van der Waals surface area contributed by atoms with Crippen LogP contribution in [0.3, 0.4) is 0 Å². The summed E-state index contributed by atoms with van der Waals surface area (Å²) in [5.74, 6) is -9.49. The summed E-state index contributed by atoms with van der Waals surface area (Å²) in [6.45, 7) is 12.6. The van der Waals surface area contributed by atoms with Gasteiger partial charge in [-0.2, -0.15) is 8.42 Å². The van der Waals surface area contributed by atoms with Crippen molar-refractivity contribution in [1.82, 2.24) is 58.5 Å². The number of hydrogen-bond acceptors (Lipinski definition) is 20. The lowest BCUT2D eigenvalue weighted by molar-refractivity contribution is -0.137. The third-order valence-corrected chi connectivity index (χ3v) is 13.7. The molecule has 87 heavy (non-hydrogen) atoms. The molecule has 0 spiro atoms. The van der Waals surface area contributed by atoms with Crippen molar-refractivity contribution in [2.75, 3.05) is 39.3 Å². The highest BCUT2D eigenvalue weighted by Gasteiger charge is 2.37. The van der Waals surface area contributed by atoms with Gasteiger partial charge < -0.3 is 97.4 Å². The standard InChI is InChI=1S/C53H100N16O13.H2O4S/c1-9-30(6)12-10-11-13-41(72)60-33(14-20-54)48(77)69-43(32(8)71)53(82)65-36(17-23-57)45(74)64-38-19-25-59-52(81)42(31(7)70)68-49(78)37(18-24-58)62-44(73)34(15-21-55)63-50(79)39(26-28(2)3)67-51(80)40(27-29(4)5)66-46(75)35(16-22-56)61-47(38)76;1-5(2,3)4/h28-40,42-43,70-71H,9-27,54-58H2,1-8H3,(H,59,81)(H,60,72)(H,61,76)(H,62,73)(H,63,79)(H,64,74)(H,65,82)(H,66,75)(H,67,80)(H,68,78)(H,69,77);(H2,1,2,3,4)/t30-,31-,32-,33+,34+,35+,36+,37+,38+,39-,40+,42+,43+;/m1./s1. The molecule has 34 heteroatoms. The van der Waals surface area contributed by atoms with E-state index in [9.17, 15) is 63.0 Å². The zero-order valence-electron chi connectivity index (χ0n) is 51.5. The van der Waals surface area contributed by atoms with Crippen LogP contribution in [0.2, 0.25) is 0 Å². The van der Waals surface area contributed by atoms with Gasteiger partial charge in [-0.3, -0.25) is 61.8 Å². The Hall–Kier alpha value is -6.24. The van der Waals surface area contributed by atoms with Crippen LogP contribution in [-0.2, 0) is 63.1 Å². The number of aliphatic hydroxyl groups excluding tert-OH is 2. The van der Waals surface area contributed by atoms with Crippen LogP contribution in [0.15, 0.2) is 0 Å². The van der Waals surface area contributed by atoms with Crippen LogP contribution in [0.4, 0.5) is 0 Å². The average molecular weight is 1270 g/mol. The van der Waals surface area contributed by atoms with Crippen molar-refractivity contribution in [2.45, 2.75) is 211 Å². The van der Waals surface area contributed by atoms with Gasteiger partial charge in [0.25, 0.3) is 0 Å². The van der Waals surface area contributed by atoms with Crippen LogP contribution >= 0.6 is 0 Å². The Morgan fingerprint density at radius 2 is 0.954 bits per heavy atom. The van der Waals surface area contributed by atoms with E-state index >= 15 is 0 Å². The van der Waals surface area contributed by atoms with Crippen LogP contribution in [0.25, 0.3) is 0 Å². The van der Waals surface area contributed by atoms with Gasteiger partial charge in [-0.25, -0.2) is 0 Å². The molecule has 0 bridgehead atoms. The molecule has 11 amide bonds. The Bertz CT molecular complexity index is 2310. The second-order valence-corrected chi connectivity index (χ2v) is 23.3.